The highest BCUT2D eigenvalue weighted by atomic mass is 16.4. The van der Waals surface area contributed by atoms with E-state index in [4.69, 9.17) is 0 Å². The number of aromatic nitrogens is 2. The van der Waals surface area contributed by atoms with Crippen molar-refractivity contribution in [2.75, 3.05) is 6.54 Å². The molecular weight excluding hydrogens is 612 g/mol. The smallest absolute Gasteiger partial charge is 0.405 e. The number of nitrogens with zero attached hydrogens (tertiary/aromatic N) is 1. The highest BCUT2D eigenvalue weighted by Gasteiger charge is 2.33. The summed E-state index contributed by atoms with van der Waals surface area (Å²) in [5.74, 6) is -0.786. The fourth-order valence-electron chi connectivity index (χ4n) is 6.46. The molecule has 0 bridgehead atoms. The maximum Gasteiger partial charge on any atom is 0.405 e. The third-order valence-electron chi connectivity index (χ3n) is 9.39. The van der Waals surface area contributed by atoms with Gasteiger partial charge in [0, 0.05) is 32.0 Å². The van der Waals surface area contributed by atoms with Crippen molar-refractivity contribution >= 4 is 23.8 Å². The Morgan fingerprint density at radius 3 is 2.27 bits per heavy atom. The molecule has 1 aromatic heterocycles. The predicted molar refractivity (Wildman–Crippen MR) is 184 cm³/mol. The molecule has 1 aliphatic carbocycles. The van der Waals surface area contributed by atoms with Crippen LogP contribution in [0.2, 0.25) is 0 Å². The van der Waals surface area contributed by atoms with E-state index < -0.39 is 42.1 Å². The second-order valence-corrected chi connectivity index (χ2v) is 13.6. The van der Waals surface area contributed by atoms with Gasteiger partial charge >= 0.3 is 6.09 Å². The number of amides is 4. The number of carboxylic acid groups (broad SMARTS) is 1. The zero-order valence-electron chi connectivity index (χ0n) is 28.7. The normalized spacial score (nSPS) is 16.7. The van der Waals surface area contributed by atoms with Crippen LogP contribution >= 0.6 is 0 Å². The van der Waals surface area contributed by atoms with Crippen molar-refractivity contribution in [2.45, 2.75) is 122 Å². The molecule has 0 radical (unpaired) electrons. The predicted octanol–water partition coefficient (Wildman–Crippen LogP) is 4.10. The number of aromatic amines is 1. The first kappa shape index (κ1) is 38.5. The molecule has 0 saturated heterocycles. The molecule has 0 unspecified atom stereocenters. The zero-order chi connectivity index (χ0) is 34.9. The average molecular weight is 669 g/mol. The number of hydrogen-bond acceptors (Lipinski definition) is 6. The number of carbonyl (C=O) groups excluding carboxylic acids is 3. The third-order valence-corrected chi connectivity index (χ3v) is 9.39. The van der Waals surface area contributed by atoms with E-state index in [0.717, 1.165) is 44.1 Å². The lowest BCUT2D eigenvalue weighted by Gasteiger charge is -2.33. The lowest BCUT2D eigenvalue weighted by molar-refractivity contribution is -0.131. The Morgan fingerprint density at radius 1 is 0.958 bits per heavy atom. The van der Waals surface area contributed by atoms with Gasteiger partial charge in [0.15, 0.2) is 0 Å². The van der Waals surface area contributed by atoms with Crippen molar-refractivity contribution in [1.82, 2.24) is 31.2 Å². The van der Waals surface area contributed by atoms with Gasteiger partial charge in [0.1, 0.15) is 12.1 Å². The van der Waals surface area contributed by atoms with Gasteiger partial charge in [-0.15, -0.1) is 0 Å². The van der Waals surface area contributed by atoms with Crippen LogP contribution in [0.1, 0.15) is 96.2 Å². The summed E-state index contributed by atoms with van der Waals surface area (Å²) in [6.07, 6.45) is 9.54. The van der Waals surface area contributed by atoms with Crippen LogP contribution in [-0.2, 0) is 27.2 Å². The van der Waals surface area contributed by atoms with E-state index in [2.05, 4.69) is 38.2 Å². The van der Waals surface area contributed by atoms with Crippen LogP contribution in [0.25, 0.3) is 0 Å². The van der Waals surface area contributed by atoms with Crippen molar-refractivity contribution in [2.24, 2.45) is 17.8 Å². The van der Waals surface area contributed by atoms with Crippen LogP contribution < -0.4 is 21.3 Å². The van der Waals surface area contributed by atoms with E-state index in [0.29, 0.717) is 37.4 Å². The first-order chi connectivity index (χ1) is 23.0. The number of H-pyrrole nitrogens is 1. The zero-order valence-corrected chi connectivity index (χ0v) is 28.7. The largest absolute Gasteiger partial charge is 0.465 e. The van der Waals surface area contributed by atoms with Crippen molar-refractivity contribution in [3.8, 4) is 0 Å². The van der Waals surface area contributed by atoms with Crippen LogP contribution in [0.5, 0.6) is 0 Å². The fraction of sp³-hybridized carbons (Fsp3) is 0.639. The summed E-state index contributed by atoms with van der Waals surface area (Å²) in [5.41, 5.74) is 1.30. The van der Waals surface area contributed by atoms with E-state index in [1.54, 1.807) is 30.5 Å². The maximum absolute atomic E-state index is 14.0. The summed E-state index contributed by atoms with van der Waals surface area (Å²) in [6, 6.07) is 6.22. The van der Waals surface area contributed by atoms with Gasteiger partial charge in [-0.25, -0.2) is 9.78 Å². The van der Waals surface area contributed by atoms with Crippen LogP contribution in [0.4, 0.5) is 4.79 Å². The summed E-state index contributed by atoms with van der Waals surface area (Å²) in [6.45, 7) is 6.77. The van der Waals surface area contributed by atoms with Crippen molar-refractivity contribution in [1.29, 1.82) is 0 Å². The minimum Gasteiger partial charge on any atom is -0.465 e. The third kappa shape index (κ3) is 13.7. The van der Waals surface area contributed by atoms with Gasteiger partial charge in [-0.05, 0) is 42.6 Å². The molecule has 3 rings (SSSR count). The summed E-state index contributed by atoms with van der Waals surface area (Å²) < 4.78 is 0. The molecule has 2 aromatic rings. The maximum atomic E-state index is 14.0. The standard InChI is InChI=1S/C36H56N6O6/c1-4-5-16-38-33(44)20-27(24(2)3)19-32(43)29(17-25-12-8-6-9-13-25)40-35(46)31(21-28-22-37-23-39-28)41-34(45)30(42-36(47)48)18-26-14-10-7-11-15-26/h7,10-11,14-15,22-25,27,29-32,42-43H,4-6,8-9,12-13,16-21H2,1-3H3,(H,37,39)(H,38,44)(H,40,46)(H,41,45)(H,47,48)/t27-,29+,30+,31+,32+/m1/s1. The van der Waals surface area contributed by atoms with Gasteiger partial charge in [0.25, 0.3) is 0 Å². The van der Waals surface area contributed by atoms with Gasteiger partial charge in [0.2, 0.25) is 17.7 Å². The first-order valence-corrected chi connectivity index (χ1v) is 17.6. The minimum atomic E-state index is -1.35. The molecule has 1 saturated carbocycles. The Hall–Kier alpha value is -3.93. The van der Waals surface area contributed by atoms with Gasteiger partial charge in [0.05, 0.1) is 24.2 Å². The molecule has 1 fully saturated rings. The molecule has 5 atom stereocenters. The molecule has 0 spiro atoms. The number of nitrogens with one attached hydrogen (secondary N) is 5. The van der Waals surface area contributed by atoms with Gasteiger partial charge < -0.3 is 36.5 Å². The SMILES string of the molecule is CCCCNC(=O)C[C@@H](C[C@H](O)[C@H](CC1CCCCC1)NC(=O)[C@H](Cc1c[nH]cn1)NC(=O)[C@H](Cc1ccccc1)NC(=O)O)C(C)C. The highest BCUT2D eigenvalue weighted by Crippen LogP contribution is 2.30. The first-order valence-electron chi connectivity index (χ1n) is 17.6. The number of aliphatic hydroxyl groups is 1. The van der Waals surface area contributed by atoms with E-state index in [9.17, 15) is 29.4 Å². The van der Waals surface area contributed by atoms with Crippen LogP contribution in [-0.4, -0.2) is 74.8 Å². The molecule has 1 aromatic carbocycles. The summed E-state index contributed by atoms with van der Waals surface area (Å²) in [5, 5.41) is 32.3. The van der Waals surface area contributed by atoms with Crippen molar-refractivity contribution < 1.29 is 29.4 Å². The summed E-state index contributed by atoms with van der Waals surface area (Å²) in [4.78, 5) is 59.0. The van der Waals surface area contributed by atoms with E-state index >= 15 is 0 Å². The average Bonchev–Trinajstić information content (AvgIpc) is 3.57. The van der Waals surface area contributed by atoms with Crippen LogP contribution in [0.3, 0.4) is 0 Å². The van der Waals surface area contributed by atoms with Gasteiger partial charge in [-0.3, -0.25) is 14.4 Å². The number of rotatable bonds is 20. The monoisotopic (exact) mass is 668 g/mol. The van der Waals surface area contributed by atoms with Crippen LogP contribution in [0, 0.1) is 17.8 Å². The number of hydrogen-bond donors (Lipinski definition) is 7. The number of imidazole rings is 1. The second-order valence-electron chi connectivity index (χ2n) is 13.6. The Bertz CT molecular complexity index is 1250. The fourth-order valence-corrected chi connectivity index (χ4v) is 6.46. The lowest BCUT2D eigenvalue weighted by Crippen LogP contribution is -2.57. The highest BCUT2D eigenvalue weighted by molar-refractivity contribution is 5.91. The van der Waals surface area contributed by atoms with Crippen LogP contribution in [0.15, 0.2) is 42.9 Å². The number of unbranched alkanes of at least 4 members (excludes halogenated alkanes) is 1. The van der Waals surface area contributed by atoms with Crippen molar-refractivity contribution in [3.05, 3.63) is 54.1 Å². The van der Waals surface area contributed by atoms with E-state index in [1.807, 2.05) is 19.9 Å². The minimum absolute atomic E-state index is 0.0379. The molecule has 48 heavy (non-hydrogen) atoms. The Labute approximate surface area is 284 Å². The number of benzene rings is 1. The quantitative estimate of drug-likeness (QED) is 0.104. The summed E-state index contributed by atoms with van der Waals surface area (Å²) >= 11 is 0. The molecule has 12 nitrogen and oxygen atoms in total. The Kier molecular flexibility index (Phi) is 16.4. The number of carbonyl (C=O) groups is 4. The molecule has 1 aliphatic rings. The topological polar surface area (TPSA) is 186 Å². The van der Waals surface area contributed by atoms with E-state index in [1.165, 1.54) is 12.7 Å². The molecule has 0 aliphatic heterocycles. The summed E-state index contributed by atoms with van der Waals surface area (Å²) in [7, 11) is 0. The molecule has 266 valence electrons. The van der Waals surface area contributed by atoms with Gasteiger partial charge in [-0.1, -0.05) is 89.6 Å². The number of aliphatic hydroxyl groups excluding tert-OH is 1. The van der Waals surface area contributed by atoms with Gasteiger partial charge in [-0.2, -0.15) is 0 Å². The molecule has 12 heteroatoms. The molecule has 4 amide bonds. The Morgan fingerprint density at radius 2 is 1.65 bits per heavy atom. The Balaban J connectivity index is 1.80. The molecule has 1 heterocycles. The molecular formula is C36H56N6O6. The lowest BCUT2D eigenvalue weighted by atomic mass is 9.80. The van der Waals surface area contributed by atoms with Crippen molar-refractivity contribution in [3.63, 3.8) is 0 Å². The van der Waals surface area contributed by atoms with E-state index in [-0.39, 0.29) is 30.6 Å². The second kappa shape index (κ2) is 20.4. The molecule has 7 N–H and O–H groups in total.